The van der Waals surface area contributed by atoms with E-state index in [0.29, 0.717) is 70.5 Å². The minimum absolute atomic E-state index is 0.0904. The number of nitrogens with zero attached hydrogens (tertiary/aromatic N) is 24. The van der Waals surface area contributed by atoms with E-state index in [-0.39, 0.29) is 74.7 Å². The third-order valence-corrected chi connectivity index (χ3v) is 14.5. The highest BCUT2D eigenvalue weighted by Crippen LogP contribution is 2.42. The van der Waals surface area contributed by atoms with E-state index in [4.69, 9.17) is 42.5 Å². The first kappa shape index (κ1) is 51.9. The number of aryl methyl sites for hydroxylation is 6. The zero-order valence-corrected chi connectivity index (χ0v) is 48.9. The van der Waals surface area contributed by atoms with E-state index in [2.05, 4.69) is 82.3 Å². The van der Waals surface area contributed by atoms with Crippen LogP contribution in [0.2, 0.25) is 0 Å². The number of rotatable bonds is 18. The molecule has 0 atom stereocenters. The van der Waals surface area contributed by atoms with Crippen molar-refractivity contribution >= 4 is 67.9 Å². The summed E-state index contributed by atoms with van der Waals surface area (Å²) >= 11 is 6.85. The van der Waals surface area contributed by atoms with Crippen LogP contribution < -0.4 is 41.7 Å². The van der Waals surface area contributed by atoms with E-state index in [1.165, 1.54) is 73.5 Å². The van der Waals surface area contributed by atoms with Crippen LogP contribution in [0.1, 0.15) is 70.5 Å². The van der Waals surface area contributed by atoms with E-state index in [1.807, 2.05) is 29.5 Å². The van der Waals surface area contributed by atoms with E-state index in [9.17, 15) is 19.2 Å². The summed E-state index contributed by atoms with van der Waals surface area (Å²) in [5, 5.41) is 52.8. The molecule has 83 heavy (non-hydrogen) atoms. The molecule has 36 nitrogen and oxygen atoms in total. The largest absolute Gasteiger partial charge is 0.465 e. The fourth-order valence-electron chi connectivity index (χ4n) is 6.79. The Balaban J connectivity index is 0.000000129. The Kier molecular flexibility index (Phi) is 16.1. The molecule has 0 radical (unpaired) electrons. The molecule has 1 saturated carbocycles. The Bertz CT molecular complexity index is 4430. The maximum absolute atomic E-state index is 12.0. The van der Waals surface area contributed by atoms with Gasteiger partial charge in [0.05, 0.1) is 44.8 Å². The van der Waals surface area contributed by atoms with Gasteiger partial charge < -0.3 is 37.0 Å². The summed E-state index contributed by atoms with van der Waals surface area (Å²) < 4.78 is 81.4. The Morgan fingerprint density at radius 1 is 0.506 bits per heavy atom. The highest BCUT2D eigenvalue weighted by atomic mass is 127. The molecule has 0 spiro atoms. The van der Waals surface area contributed by atoms with Gasteiger partial charge in [-0.05, 0) is 90.5 Å². The van der Waals surface area contributed by atoms with Crippen molar-refractivity contribution in [2.24, 2.45) is 28.2 Å². The molecule has 0 N–H and O–H groups in total. The van der Waals surface area contributed by atoms with Gasteiger partial charge in [0.1, 0.15) is 26.4 Å². The Morgan fingerprint density at radius 2 is 0.855 bits per heavy atom. The standard InChI is InChI=1S/C12H12N6O3S.C11H12N6O3S.C10H10N6O3S.C9H7IN6O3S/c1-17-12(19)18(16-15-17)10-8(6-20-11-13-4-5-22-11)9(14-21-10)7-2-3-7;1-3-8-7(6-19-10-12-4-5-21-10)9(20-13-8)17-11(18)16(2)14-15-17;1-6-7(5-18-9-11-3-4-20-9)8(19-12-6)16-10(17)15(2)13-14-16;1-15-9(17)16(14-13-15)7-5(6(10)12-19-7)4-18-8-11-2-3-20-8/h4-5,7H,2-3,6H2,1H3;4-5H,3,6H2,1-2H3;3-4H,5H2,1-2H3;2-3H,4H2,1H3/i2*4T;3T;2T. The molecule has 1 fully saturated rings. The van der Waals surface area contributed by atoms with E-state index in [1.54, 1.807) is 28.4 Å². The second-order valence-electron chi connectivity index (χ2n) is 16.5. The van der Waals surface area contributed by atoms with Gasteiger partial charge in [-0.2, -0.15) is 18.7 Å². The van der Waals surface area contributed by atoms with Crippen LogP contribution in [-0.4, -0.2) is 120 Å². The molecule has 0 aromatic carbocycles. The van der Waals surface area contributed by atoms with E-state index in [0.717, 1.165) is 56.0 Å². The molecule has 1 aliphatic rings. The van der Waals surface area contributed by atoms with Crippen molar-refractivity contribution in [1.29, 1.82) is 0 Å². The van der Waals surface area contributed by atoms with Crippen LogP contribution >= 0.6 is 67.9 Å². The lowest BCUT2D eigenvalue weighted by Gasteiger charge is -2.03. The molecular formula is C42H41IN24O12S4. The molecule has 12 aromatic heterocycles. The lowest BCUT2D eigenvalue weighted by atomic mass is 10.2. The highest BCUT2D eigenvalue weighted by molar-refractivity contribution is 14.1. The number of thiazole rings is 4. The number of ether oxygens (including phenoxy) is 4. The summed E-state index contributed by atoms with van der Waals surface area (Å²) in [5.41, 5.74) is 2.64. The number of aromatic nitrogens is 24. The predicted octanol–water partition coefficient (Wildman–Crippen LogP) is 2.31. The summed E-state index contributed by atoms with van der Waals surface area (Å²) in [6.45, 7) is 4.08. The summed E-state index contributed by atoms with van der Waals surface area (Å²) in [6, 6.07) is 0. The van der Waals surface area contributed by atoms with Crippen LogP contribution in [0, 0.1) is 10.6 Å². The third-order valence-electron chi connectivity index (χ3n) is 11.1. The topological polar surface area (TPSA) is 403 Å². The second-order valence-corrected chi connectivity index (χ2v) is 20.8. The molecule has 0 bridgehead atoms. The van der Waals surface area contributed by atoms with Crippen molar-refractivity contribution in [1.82, 2.24) is 120 Å². The van der Waals surface area contributed by atoms with Gasteiger partial charge in [0, 0.05) is 80.3 Å². The first-order valence-electron chi connectivity index (χ1n) is 25.6. The predicted molar refractivity (Wildman–Crippen MR) is 291 cm³/mol. The van der Waals surface area contributed by atoms with Gasteiger partial charge in [0.25, 0.3) is 44.3 Å². The number of tetrazole rings is 4. The molecule has 0 aliphatic heterocycles. The smallest absolute Gasteiger partial charge is 0.370 e. The molecule has 41 heteroatoms. The van der Waals surface area contributed by atoms with Crippen LogP contribution in [0.5, 0.6) is 20.8 Å². The van der Waals surface area contributed by atoms with E-state index >= 15 is 0 Å². The molecule has 0 unspecified atom stereocenters. The maximum atomic E-state index is 12.0. The number of hydrogen-bond donors (Lipinski definition) is 0. The maximum Gasteiger partial charge on any atom is 0.370 e. The normalized spacial score (nSPS) is 12.5. The second kappa shape index (κ2) is 25.7. The minimum Gasteiger partial charge on any atom is -0.465 e. The van der Waals surface area contributed by atoms with Crippen LogP contribution in [0.4, 0.5) is 0 Å². The van der Waals surface area contributed by atoms with Gasteiger partial charge in [-0.25, -0.2) is 39.1 Å². The van der Waals surface area contributed by atoms with Crippen molar-refractivity contribution in [3.63, 3.8) is 0 Å². The molecular weight excluding hydrogens is 1290 g/mol. The van der Waals surface area contributed by atoms with Gasteiger partial charge in [-0.1, -0.05) is 72.9 Å². The van der Waals surface area contributed by atoms with Gasteiger partial charge >= 0.3 is 22.8 Å². The highest BCUT2D eigenvalue weighted by Gasteiger charge is 2.34. The van der Waals surface area contributed by atoms with Crippen LogP contribution in [-0.2, 0) is 61.0 Å². The molecule has 432 valence electrons. The molecule has 1 aliphatic carbocycles. The van der Waals surface area contributed by atoms with Gasteiger partial charge in [-0.3, -0.25) is 0 Å². The number of hydrogen-bond acceptors (Lipinski definition) is 32. The number of halogens is 1. The summed E-state index contributed by atoms with van der Waals surface area (Å²) in [5.74, 6) is 1.03. The molecule has 12 heterocycles. The first-order valence-corrected chi connectivity index (χ1v) is 28.2. The lowest BCUT2D eigenvalue weighted by molar-refractivity contribution is 0.300. The molecule has 13 rings (SSSR count). The van der Waals surface area contributed by atoms with Crippen molar-refractivity contribution in [2.45, 2.75) is 65.5 Å². The SMILES string of the molecule is [3H]c1csc(OCc2c(C)noc2-n2nnn(C)c2=O)n1.[3H]c1csc(OCc2c(C3CC3)noc2-n2nnn(C)c2=O)n1.[3H]c1csc(OCc2c(CC)noc2-n2nnn(C)c2=O)n1.[3H]c1csc(OCc2c(I)noc2-n2nnn(C)c2=O)n1. The van der Waals surface area contributed by atoms with Gasteiger partial charge in [0.15, 0.2) is 3.70 Å². The summed E-state index contributed by atoms with van der Waals surface area (Å²) in [7, 11) is 5.96. The summed E-state index contributed by atoms with van der Waals surface area (Å²) in [4.78, 5) is 63.2. The van der Waals surface area contributed by atoms with Crippen molar-refractivity contribution in [2.75, 3.05) is 0 Å². The monoisotopic (exact) mass is 1340 g/mol. The van der Waals surface area contributed by atoms with Gasteiger partial charge in [0.2, 0.25) is 0 Å². The zero-order chi connectivity index (χ0) is 61.6. The Morgan fingerprint density at radius 3 is 1.24 bits per heavy atom. The molecule has 0 saturated heterocycles. The van der Waals surface area contributed by atoms with Gasteiger partial charge in [-0.15, -0.1) is 18.7 Å². The zero-order valence-electron chi connectivity index (χ0n) is 47.5. The third kappa shape index (κ3) is 12.9. The van der Waals surface area contributed by atoms with Crippen molar-refractivity contribution in [3.05, 3.63) is 131 Å². The fourth-order valence-corrected chi connectivity index (χ4v) is 9.03. The average Bonchev–Trinajstić information content (AvgIpc) is 1.84. The minimum atomic E-state index is -0.452. The quantitative estimate of drug-likeness (QED) is 0.111. The van der Waals surface area contributed by atoms with Crippen LogP contribution in [0.25, 0.3) is 23.5 Å². The van der Waals surface area contributed by atoms with Crippen LogP contribution in [0.15, 0.2) is 83.5 Å². The van der Waals surface area contributed by atoms with E-state index < -0.39 is 22.8 Å². The van der Waals surface area contributed by atoms with Crippen molar-refractivity contribution in [3.8, 4) is 44.3 Å². The Labute approximate surface area is 496 Å². The van der Waals surface area contributed by atoms with Crippen molar-refractivity contribution < 1.29 is 42.5 Å². The lowest BCUT2D eigenvalue weighted by Crippen LogP contribution is -2.22. The van der Waals surface area contributed by atoms with Crippen LogP contribution in [0.3, 0.4) is 0 Å². The molecule has 12 aromatic rings. The average molecular weight is 1340 g/mol. The Hall–Kier alpha value is -9.23. The first-order chi connectivity index (χ1) is 41.8. The fraction of sp³-hybridized carbons (Fsp3) is 0.333. The molecule has 0 amide bonds. The summed E-state index contributed by atoms with van der Waals surface area (Å²) in [6.07, 6.45) is 3.25.